The number of hydrogen-bond acceptors (Lipinski definition) is 3. The molecule has 0 bridgehead atoms. The second-order valence-electron chi connectivity index (χ2n) is 7.27. The summed E-state index contributed by atoms with van der Waals surface area (Å²) in [4.78, 5) is 7.02. The summed E-state index contributed by atoms with van der Waals surface area (Å²) in [5.41, 5.74) is 0. The van der Waals surface area contributed by atoms with Crippen LogP contribution in [0.2, 0.25) is 0 Å². The lowest BCUT2D eigenvalue weighted by Gasteiger charge is -2.30. The Kier molecular flexibility index (Phi) is 11.8. The fraction of sp³-hybridized carbons (Fsp3) is 0.944. The molecule has 6 heteroatoms. The molecule has 3 atom stereocenters. The molecular weight excluding hydrogens is 431 g/mol. The third-order valence-corrected chi connectivity index (χ3v) is 6.31. The molecule has 0 radical (unpaired) electrons. The number of piperidine rings is 1. The molecule has 1 heterocycles. The number of aliphatic imine (C=N–C) groups is 1. The summed E-state index contributed by atoms with van der Waals surface area (Å²) in [5, 5.41) is 7.91. The molecule has 0 spiro atoms. The van der Waals surface area contributed by atoms with E-state index in [1.807, 2.05) is 18.8 Å². The lowest BCUT2D eigenvalue weighted by Crippen LogP contribution is -2.43. The van der Waals surface area contributed by atoms with Crippen molar-refractivity contribution in [3.63, 3.8) is 0 Å². The monoisotopic (exact) mass is 468 g/mol. The van der Waals surface area contributed by atoms with Crippen LogP contribution in [-0.4, -0.2) is 61.6 Å². The summed E-state index contributed by atoms with van der Waals surface area (Å²) in [5.74, 6) is 1.88. The first-order chi connectivity index (χ1) is 11.2. The average Bonchev–Trinajstić information content (AvgIpc) is 3.01. The zero-order valence-corrected chi connectivity index (χ0v) is 18.9. The highest BCUT2D eigenvalue weighted by atomic mass is 127. The zero-order valence-electron chi connectivity index (χ0n) is 15.7. The minimum Gasteiger partial charge on any atom is -0.356 e. The number of nitrogens with zero attached hydrogens (tertiary/aromatic N) is 2. The highest BCUT2D eigenvalue weighted by Crippen LogP contribution is 2.27. The van der Waals surface area contributed by atoms with Crippen LogP contribution in [-0.2, 0) is 0 Å². The second kappa shape index (κ2) is 12.6. The zero-order chi connectivity index (χ0) is 16.5. The molecule has 4 nitrogen and oxygen atoms in total. The van der Waals surface area contributed by atoms with Crippen LogP contribution in [0, 0.1) is 5.92 Å². The van der Waals surface area contributed by atoms with Crippen LogP contribution < -0.4 is 10.6 Å². The van der Waals surface area contributed by atoms with Crippen molar-refractivity contribution >= 4 is 41.7 Å². The molecule has 1 saturated heterocycles. The topological polar surface area (TPSA) is 39.7 Å². The number of thioether (sulfide) groups is 1. The Labute approximate surface area is 170 Å². The van der Waals surface area contributed by atoms with Crippen molar-refractivity contribution in [2.75, 3.05) is 39.5 Å². The average molecular weight is 468 g/mol. The standard InChI is InChI=1S/C18H36N4S.HI/c1-15-7-6-12-22(14-15)11-5-4-10-20-18(19-2)21-16-8-9-17(13-16)23-3;/h15-17H,4-14H2,1-3H3,(H2,19,20,21);1H. The van der Waals surface area contributed by atoms with Gasteiger partial charge in [0.15, 0.2) is 5.96 Å². The van der Waals surface area contributed by atoms with E-state index in [9.17, 15) is 0 Å². The lowest BCUT2D eigenvalue weighted by atomic mass is 10.0. The van der Waals surface area contributed by atoms with Gasteiger partial charge in [-0.2, -0.15) is 11.8 Å². The molecule has 2 aliphatic rings. The van der Waals surface area contributed by atoms with Crippen LogP contribution in [0.4, 0.5) is 0 Å². The Morgan fingerprint density at radius 3 is 2.75 bits per heavy atom. The van der Waals surface area contributed by atoms with Gasteiger partial charge in [-0.25, -0.2) is 0 Å². The predicted octanol–water partition coefficient (Wildman–Crippen LogP) is 3.57. The highest BCUT2D eigenvalue weighted by Gasteiger charge is 2.24. The van der Waals surface area contributed by atoms with Gasteiger partial charge in [-0.3, -0.25) is 4.99 Å². The van der Waals surface area contributed by atoms with Gasteiger partial charge in [-0.15, -0.1) is 24.0 Å². The molecule has 0 aromatic heterocycles. The van der Waals surface area contributed by atoms with E-state index >= 15 is 0 Å². The fourth-order valence-electron chi connectivity index (χ4n) is 3.83. The minimum atomic E-state index is 0. The maximum atomic E-state index is 4.38. The molecule has 0 amide bonds. The molecule has 1 aliphatic heterocycles. The van der Waals surface area contributed by atoms with Crippen molar-refractivity contribution in [2.45, 2.75) is 63.2 Å². The number of halogens is 1. The summed E-state index contributed by atoms with van der Waals surface area (Å²) in [7, 11) is 1.88. The van der Waals surface area contributed by atoms with Gasteiger partial charge in [0, 0.05) is 31.4 Å². The quantitative estimate of drug-likeness (QED) is 0.260. The van der Waals surface area contributed by atoms with Gasteiger partial charge in [0.25, 0.3) is 0 Å². The summed E-state index contributed by atoms with van der Waals surface area (Å²) >= 11 is 2.00. The minimum absolute atomic E-state index is 0. The van der Waals surface area contributed by atoms with Crippen molar-refractivity contribution < 1.29 is 0 Å². The maximum Gasteiger partial charge on any atom is 0.191 e. The Hall–Kier alpha value is 0.310. The third-order valence-electron chi connectivity index (χ3n) is 5.22. The predicted molar refractivity (Wildman–Crippen MR) is 119 cm³/mol. The number of rotatable bonds is 7. The first-order valence-corrected chi connectivity index (χ1v) is 10.7. The first kappa shape index (κ1) is 22.4. The van der Waals surface area contributed by atoms with E-state index in [4.69, 9.17) is 0 Å². The van der Waals surface area contributed by atoms with Gasteiger partial charge in [0.2, 0.25) is 0 Å². The van der Waals surface area contributed by atoms with Gasteiger partial charge in [-0.05, 0) is 70.2 Å². The molecule has 1 saturated carbocycles. The summed E-state index contributed by atoms with van der Waals surface area (Å²) in [6.45, 7) is 7.28. The Morgan fingerprint density at radius 1 is 1.25 bits per heavy atom. The van der Waals surface area contributed by atoms with Gasteiger partial charge in [-0.1, -0.05) is 6.92 Å². The van der Waals surface area contributed by atoms with E-state index in [2.05, 4.69) is 33.7 Å². The Morgan fingerprint density at radius 2 is 2.08 bits per heavy atom. The summed E-state index contributed by atoms with van der Waals surface area (Å²) < 4.78 is 0. The van der Waals surface area contributed by atoms with Gasteiger partial charge < -0.3 is 15.5 Å². The van der Waals surface area contributed by atoms with Crippen LogP contribution in [0.25, 0.3) is 0 Å². The summed E-state index contributed by atoms with van der Waals surface area (Å²) in [6, 6.07) is 0.605. The smallest absolute Gasteiger partial charge is 0.191 e. The van der Waals surface area contributed by atoms with E-state index in [1.54, 1.807) is 0 Å². The van der Waals surface area contributed by atoms with Crippen molar-refractivity contribution in [3.8, 4) is 0 Å². The van der Waals surface area contributed by atoms with Gasteiger partial charge in [0.05, 0.1) is 0 Å². The highest BCUT2D eigenvalue weighted by molar-refractivity contribution is 14.0. The number of unbranched alkanes of at least 4 members (excludes halogenated alkanes) is 1. The number of hydrogen-bond donors (Lipinski definition) is 2. The normalized spacial score (nSPS) is 28.5. The van der Waals surface area contributed by atoms with E-state index < -0.39 is 0 Å². The maximum absolute atomic E-state index is 4.38. The van der Waals surface area contributed by atoms with E-state index in [0.29, 0.717) is 6.04 Å². The molecule has 3 unspecified atom stereocenters. The van der Waals surface area contributed by atoms with Crippen LogP contribution in [0.15, 0.2) is 4.99 Å². The van der Waals surface area contributed by atoms with Crippen molar-refractivity contribution in [1.29, 1.82) is 0 Å². The molecule has 24 heavy (non-hydrogen) atoms. The second-order valence-corrected chi connectivity index (χ2v) is 8.40. The molecule has 2 rings (SSSR count). The molecule has 2 fully saturated rings. The van der Waals surface area contributed by atoms with E-state index in [0.717, 1.165) is 23.7 Å². The lowest BCUT2D eigenvalue weighted by molar-refractivity contribution is 0.181. The third kappa shape index (κ3) is 8.13. The van der Waals surface area contributed by atoms with Crippen molar-refractivity contribution in [3.05, 3.63) is 0 Å². The molecule has 0 aromatic carbocycles. The van der Waals surface area contributed by atoms with Gasteiger partial charge in [0.1, 0.15) is 0 Å². The van der Waals surface area contributed by atoms with Crippen LogP contribution >= 0.6 is 35.7 Å². The molecule has 0 aromatic rings. The largest absolute Gasteiger partial charge is 0.356 e. The fourth-order valence-corrected chi connectivity index (χ4v) is 4.63. The SMILES string of the molecule is CN=C(NCCCCN1CCCC(C)C1)NC1CCC(SC)C1.I. The number of nitrogens with one attached hydrogen (secondary N) is 2. The van der Waals surface area contributed by atoms with E-state index in [-0.39, 0.29) is 24.0 Å². The van der Waals surface area contributed by atoms with Crippen molar-refractivity contribution in [1.82, 2.24) is 15.5 Å². The summed E-state index contributed by atoms with van der Waals surface area (Å²) in [6.07, 6.45) is 11.4. The van der Waals surface area contributed by atoms with Gasteiger partial charge >= 0.3 is 0 Å². The Balaban J connectivity index is 0.00000288. The first-order valence-electron chi connectivity index (χ1n) is 9.43. The number of likely N-dealkylation sites (tertiary alicyclic amines) is 1. The molecule has 142 valence electrons. The number of guanidine groups is 1. The van der Waals surface area contributed by atoms with Crippen molar-refractivity contribution in [2.24, 2.45) is 10.9 Å². The molecule has 2 N–H and O–H groups in total. The van der Waals surface area contributed by atoms with Crippen LogP contribution in [0.1, 0.15) is 51.9 Å². The van der Waals surface area contributed by atoms with E-state index in [1.165, 1.54) is 64.6 Å². The van der Waals surface area contributed by atoms with Crippen LogP contribution in [0.5, 0.6) is 0 Å². The van der Waals surface area contributed by atoms with Crippen LogP contribution in [0.3, 0.4) is 0 Å². The Bertz CT molecular complexity index is 367. The molecular formula is C18H37IN4S. The molecule has 1 aliphatic carbocycles.